The summed E-state index contributed by atoms with van der Waals surface area (Å²) >= 11 is 0. The van der Waals surface area contributed by atoms with E-state index in [0.717, 1.165) is 24.9 Å². The van der Waals surface area contributed by atoms with Crippen molar-refractivity contribution in [2.75, 3.05) is 25.5 Å². The van der Waals surface area contributed by atoms with Crippen LogP contribution in [-0.2, 0) is 4.79 Å². The van der Waals surface area contributed by atoms with Gasteiger partial charge in [-0.1, -0.05) is 18.2 Å². The first-order valence-electron chi connectivity index (χ1n) is 9.27. The molecule has 1 aromatic heterocycles. The summed E-state index contributed by atoms with van der Waals surface area (Å²) in [6.07, 6.45) is 4.23. The zero-order chi connectivity index (χ0) is 18.9. The molecule has 2 aromatic rings. The van der Waals surface area contributed by atoms with Crippen molar-refractivity contribution in [2.45, 2.75) is 19.3 Å². The second-order valence-corrected chi connectivity index (χ2v) is 7.33. The number of nitrogens with one attached hydrogen (secondary N) is 1. The smallest absolute Gasteiger partial charge is 0.259 e. The standard InChI is InChI=1S/C21H23N3O3/c1-27-19-16(8-5-11-22-19)20(26)24-12-9-21(10-13-24)14-17(21)18(25)23-15-6-3-2-4-7-15/h2-8,11,17H,9-10,12-14H2,1H3,(H,23,25). The molecule has 1 saturated carbocycles. The highest BCUT2D eigenvalue weighted by Crippen LogP contribution is 2.59. The van der Waals surface area contributed by atoms with Crippen LogP contribution >= 0.6 is 0 Å². The molecule has 1 spiro atoms. The van der Waals surface area contributed by atoms with Gasteiger partial charge in [0.2, 0.25) is 11.8 Å². The van der Waals surface area contributed by atoms with Crippen LogP contribution in [0.1, 0.15) is 29.6 Å². The van der Waals surface area contributed by atoms with Crippen LogP contribution < -0.4 is 10.1 Å². The fourth-order valence-electron chi connectivity index (χ4n) is 4.06. The quantitative estimate of drug-likeness (QED) is 0.904. The third-order valence-electron chi connectivity index (χ3n) is 5.79. The van der Waals surface area contributed by atoms with Crippen molar-refractivity contribution < 1.29 is 14.3 Å². The zero-order valence-electron chi connectivity index (χ0n) is 15.4. The normalized spacial score (nSPS) is 20.2. The van der Waals surface area contributed by atoms with E-state index in [2.05, 4.69) is 10.3 Å². The largest absolute Gasteiger partial charge is 0.480 e. The summed E-state index contributed by atoms with van der Waals surface area (Å²) in [6, 6.07) is 13.0. The molecule has 2 heterocycles. The summed E-state index contributed by atoms with van der Waals surface area (Å²) < 4.78 is 5.20. The van der Waals surface area contributed by atoms with Gasteiger partial charge in [-0.2, -0.15) is 0 Å². The van der Waals surface area contributed by atoms with Crippen LogP contribution in [-0.4, -0.2) is 41.9 Å². The van der Waals surface area contributed by atoms with Crippen LogP contribution in [0.4, 0.5) is 5.69 Å². The van der Waals surface area contributed by atoms with E-state index in [-0.39, 0.29) is 23.1 Å². The summed E-state index contributed by atoms with van der Waals surface area (Å²) in [4.78, 5) is 31.3. The van der Waals surface area contributed by atoms with E-state index in [1.165, 1.54) is 7.11 Å². The Morgan fingerprint density at radius 2 is 1.89 bits per heavy atom. The van der Waals surface area contributed by atoms with E-state index in [1.54, 1.807) is 18.3 Å². The van der Waals surface area contributed by atoms with Gasteiger partial charge < -0.3 is 15.0 Å². The van der Waals surface area contributed by atoms with Gasteiger partial charge in [-0.3, -0.25) is 9.59 Å². The predicted octanol–water partition coefficient (Wildman–Crippen LogP) is 2.97. The number of carbonyl (C=O) groups excluding carboxylic acids is 2. The number of piperidine rings is 1. The van der Waals surface area contributed by atoms with Gasteiger partial charge in [-0.05, 0) is 48.9 Å². The molecule has 1 unspecified atom stereocenters. The van der Waals surface area contributed by atoms with Crippen LogP contribution in [0.2, 0.25) is 0 Å². The number of hydrogen-bond acceptors (Lipinski definition) is 4. The number of benzene rings is 1. The molecule has 1 atom stereocenters. The maximum absolute atomic E-state index is 12.8. The van der Waals surface area contributed by atoms with Crippen molar-refractivity contribution in [3.05, 3.63) is 54.2 Å². The Balaban J connectivity index is 1.36. The van der Waals surface area contributed by atoms with Crippen molar-refractivity contribution in [1.82, 2.24) is 9.88 Å². The highest BCUT2D eigenvalue weighted by molar-refractivity contribution is 5.97. The number of anilines is 1. The van der Waals surface area contributed by atoms with Crippen LogP contribution in [0.15, 0.2) is 48.7 Å². The molecule has 2 aliphatic rings. The SMILES string of the molecule is COc1ncccc1C(=O)N1CCC2(CC1)CC2C(=O)Nc1ccccc1. The Labute approximate surface area is 158 Å². The topological polar surface area (TPSA) is 71.5 Å². The Bertz CT molecular complexity index is 845. The number of ether oxygens (including phenoxy) is 1. The van der Waals surface area contributed by atoms with E-state index in [0.29, 0.717) is 24.5 Å². The molecule has 0 bridgehead atoms. The van der Waals surface area contributed by atoms with Crippen LogP contribution in [0.5, 0.6) is 5.88 Å². The maximum atomic E-state index is 12.8. The Kier molecular flexibility index (Phi) is 4.56. The number of aromatic nitrogens is 1. The first kappa shape index (κ1) is 17.5. The number of rotatable bonds is 4. The minimum atomic E-state index is -0.0549. The fourth-order valence-corrected chi connectivity index (χ4v) is 4.06. The van der Waals surface area contributed by atoms with E-state index < -0.39 is 0 Å². The Hall–Kier alpha value is -2.89. The number of nitrogens with zero attached hydrogens (tertiary/aromatic N) is 2. The van der Waals surface area contributed by atoms with E-state index >= 15 is 0 Å². The van der Waals surface area contributed by atoms with Crippen LogP contribution in [0, 0.1) is 11.3 Å². The lowest BCUT2D eigenvalue weighted by Gasteiger charge is -2.33. The minimum Gasteiger partial charge on any atom is -0.480 e. The summed E-state index contributed by atoms with van der Waals surface area (Å²) in [5.41, 5.74) is 1.38. The molecule has 1 saturated heterocycles. The number of para-hydroxylation sites is 1. The molecule has 1 aliphatic heterocycles. The molecule has 2 amide bonds. The third-order valence-corrected chi connectivity index (χ3v) is 5.79. The third kappa shape index (κ3) is 3.39. The molecule has 1 aliphatic carbocycles. The molecule has 140 valence electrons. The zero-order valence-corrected chi connectivity index (χ0v) is 15.4. The molecule has 27 heavy (non-hydrogen) atoms. The Morgan fingerprint density at radius 3 is 2.59 bits per heavy atom. The monoisotopic (exact) mass is 365 g/mol. The molecule has 6 heteroatoms. The molecule has 1 aromatic carbocycles. The van der Waals surface area contributed by atoms with Crippen LogP contribution in [0.25, 0.3) is 0 Å². The van der Waals surface area contributed by atoms with E-state index in [4.69, 9.17) is 4.74 Å². The second-order valence-electron chi connectivity index (χ2n) is 7.33. The summed E-state index contributed by atoms with van der Waals surface area (Å²) in [7, 11) is 1.52. The Morgan fingerprint density at radius 1 is 1.15 bits per heavy atom. The average Bonchev–Trinajstić information content (AvgIpc) is 3.42. The van der Waals surface area contributed by atoms with Gasteiger partial charge in [0.15, 0.2) is 0 Å². The lowest BCUT2D eigenvalue weighted by molar-refractivity contribution is -0.118. The molecular formula is C21H23N3O3. The number of pyridine rings is 1. The van der Waals surface area contributed by atoms with Gasteiger partial charge in [0.1, 0.15) is 5.56 Å². The molecule has 0 radical (unpaired) electrons. The van der Waals surface area contributed by atoms with Gasteiger partial charge in [-0.15, -0.1) is 0 Å². The first-order valence-corrected chi connectivity index (χ1v) is 9.27. The van der Waals surface area contributed by atoms with Gasteiger partial charge in [0.25, 0.3) is 5.91 Å². The van der Waals surface area contributed by atoms with Crippen molar-refractivity contribution in [3.8, 4) is 5.88 Å². The highest BCUT2D eigenvalue weighted by Gasteiger charge is 2.58. The highest BCUT2D eigenvalue weighted by atomic mass is 16.5. The first-order chi connectivity index (χ1) is 13.1. The summed E-state index contributed by atoms with van der Waals surface area (Å²) in [5.74, 6) is 0.438. The van der Waals surface area contributed by atoms with Crippen LogP contribution in [0.3, 0.4) is 0 Å². The lowest BCUT2D eigenvalue weighted by atomic mass is 9.90. The summed E-state index contributed by atoms with van der Waals surface area (Å²) in [6.45, 7) is 1.32. The molecule has 6 nitrogen and oxygen atoms in total. The lowest BCUT2D eigenvalue weighted by Crippen LogP contribution is -2.40. The van der Waals surface area contributed by atoms with Crippen molar-refractivity contribution in [2.24, 2.45) is 11.3 Å². The van der Waals surface area contributed by atoms with E-state index in [9.17, 15) is 9.59 Å². The maximum Gasteiger partial charge on any atom is 0.259 e. The predicted molar refractivity (Wildman–Crippen MR) is 102 cm³/mol. The van der Waals surface area contributed by atoms with Crippen molar-refractivity contribution >= 4 is 17.5 Å². The molecule has 2 fully saturated rings. The number of carbonyl (C=O) groups is 2. The molecule has 4 rings (SSSR count). The number of methoxy groups -OCH3 is 1. The average molecular weight is 365 g/mol. The van der Waals surface area contributed by atoms with E-state index in [1.807, 2.05) is 35.2 Å². The van der Waals surface area contributed by atoms with Crippen molar-refractivity contribution in [1.29, 1.82) is 0 Å². The number of likely N-dealkylation sites (tertiary alicyclic amines) is 1. The second kappa shape index (κ2) is 7.02. The fraction of sp³-hybridized carbons (Fsp3) is 0.381. The van der Waals surface area contributed by atoms with Gasteiger partial charge in [0.05, 0.1) is 7.11 Å². The van der Waals surface area contributed by atoms with Crippen molar-refractivity contribution in [3.63, 3.8) is 0 Å². The van der Waals surface area contributed by atoms with Gasteiger partial charge in [0, 0.05) is 30.9 Å². The minimum absolute atomic E-state index is 0.0443. The number of hydrogen-bond donors (Lipinski definition) is 1. The molecule has 1 N–H and O–H groups in total. The molecular weight excluding hydrogens is 342 g/mol. The summed E-state index contributed by atoms with van der Waals surface area (Å²) in [5, 5.41) is 3.01. The number of amides is 2. The van der Waals surface area contributed by atoms with Gasteiger partial charge in [-0.25, -0.2) is 4.98 Å². The van der Waals surface area contributed by atoms with Gasteiger partial charge >= 0.3 is 0 Å².